The van der Waals surface area contributed by atoms with Crippen LogP contribution in [0.25, 0.3) is 10.9 Å². The van der Waals surface area contributed by atoms with Crippen molar-refractivity contribution in [2.24, 2.45) is 5.92 Å². The molecule has 6 heteroatoms. The molecule has 3 rings (SSSR count). The van der Waals surface area contributed by atoms with Gasteiger partial charge >= 0.3 is 0 Å². The Balaban J connectivity index is 1.53. The monoisotopic (exact) mass is 333 g/mol. The van der Waals surface area contributed by atoms with Crippen LogP contribution < -0.4 is 10.6 Å². The van der Waals surface area contributed by atoms with Crippen LogP contribution in [0.1, 0.15) is 32.1 Å². The second kappa shape index (κ2) is 7.55. The van der Waals surface area contributed by atoms with Gasteiger partial charge in [0.15, 0.2) is 5.82 Å². The van der Waals surface area contributed by atoms with Crippen LogP contribution in [0.2, 0.25) is 0 Å². The van der Waals surface area contributed by atoms with E-state index in [1.807, 2.05) is 0 Å². The van der Waals surface area contributed by atoms with E-state index in [4.69, 9.17) is 0 Å². The summed E-state index contributed by atoms with van der Waals surface area (Å²) in [4.78, 5) is 15.8. The fraction of sp³-hybridized carbons (Fsp3) is 0.444. The summed E-state index contributed by atoms with van der Waals surface area (Å²) >= 11 is 0. The molecule has 1 aliphatic carbocycles. The molecule has 1 aliphatic rings. The molecule has 0 aliphatic heterocycles. The lowest BCUT2D eigenvalue weighted by atomic mass is 10.0. The molecule has 1 heterocycles. The third-order valence-electron chi connectivity index (χ3n) is 4.47. The minimum absolute atomic E-state index is 0.0698. The van der Waals surface area contributed by atoms with E-state index in [0.29, 0.717) is 36.5 Å². The molecule has 1 aromatic carbocycles. The van der Waals surface area contributed by atoms with Crippen molar-refractivity contribution in [3.05, 3.63) is 36.0 Å². The lowest BCUT2D eigenvalue weighted by molar-refractivity contribution is -0.121. The third kappa shape index (κ3) is 3.99. The molecule has 0 spiro atoms. The average Bonchev–Trinajstić information content (AvgIpc) is 3.04. The van der Waals surface area contributed by atoms with Crippen LogP contribution in [0.15, 0.2) is 24.4 Å². The smallest absolute Gasteiger partial charge is 0.220 e. The summed E-state index contributed by atoms with van der Waals surface area (Å²) in [5.41, 5.74) is 0.732. The minimum atomic E-state index is -0.682. The first-order valence-electron chi connectivity index (χ1n) is 8.38. The lowest BCUT2D eigenvalue weighted by Crippen LogP contribution is -2.29. The van der Waals surface area contributed by atoms with Crippen LogP contribution in [0, 0.1) is 17.6 Å². The summed E-state index contributed by atoms with van der Waals surface area (Å²) in [5.74, 6) is -0.729. The van der Waals surface area contributed by atoms with Crippen LogP contribution in [0.4, 0.5) is 14.5 Å². The standard InChI is InChI=1S/C18H21F2N3O/c19-13-10-14-16(5-6-23-18(14)15(20)11-13)21-7-8-22-17(24)9-12-3-1-2-4-12/h5-6,10-12H,1-4,7-9H2,(H,21,23)(H,22,24). The predicted octanol–water partition coefficient (Wildman–Crippen LogP) is 3.62. The van der Waals surface area contributed by atoms with E-state index in [0.717, 1.165) is 18.9 Å². The Morgan fingerprint density at radius 3 is 2.79 bits per heavy atom. The molecule has 1 saturated carbocycles. The molecular weight excluding hydrogens is 312 g/mol. The topological polar surface area (TPSA) is 54.0 Å². The minimum Gasteiger partial charge on any atom is -0.383 e. The van der Waals surface area contributed by atoms with Crippen molar-refractivity contribution in [2.45, 2.75) is 32.1 Å². The number of anilines is 1. The highest BCUT2D eigenvalue weighted by atomic mass is 19.1. The van der Waals surface area contributed by atoms with Crippen LogP contribution in [0.5, 0.6) is 0 Å². The van der Waals surface area contributed by atoms with Gasteiger partial charge in [0.2, 0.25) is 5.91 Å². The Labute approximate surface area is 139 Å². The molecule has 1 aromatic heterocycles. The first-order chi connectivity index (χ1) is 11.6. The Morgan fingerprint density at radius 2 is 2.00 bits per heavy atom. The molecule has 1 fully saturated rings. The Kier molecular flexibility index (Phi) is 5.23. The summed E-state index contributed by atoms with van der Waals surface area (Å²) in [5, 5.41) is 6.38. The molecule has 128 valence electrons. The molecule has 0 unspecified atom stereocenters. The normalized spacial score (nSPS) is 14.9. The number of hydrogen-bond acceptors (Lipinski definition) is 3. The Bertz CT molecular complexity index is 730. The molecule has 2 aromatic rings. The summed E-state index contributed by atoms with van der Waals surface area (Å²) in [7, 11) is 0. The molecule has 0 atom stereocenters. The van der Waals surface area contributed by atoms with Crippen molar-refractivity contribution in [2.75, 3.05) is 18.4 Å². The van der Waals surface area contributed by atoms with E-state index in [-0.39, 0.29) is 11.4 Å². The van der Waals surface area contributed by atoms with Crippen LogP contribution >= 0.6 is 0 Å². The number of hydrogen-bond donors (Lipinski definition) is 2. The number of pyridine rings is 1. The maximum atomic E-state index is 13.7. The third-order valence-corrected chi connectivity index (χ3v) is 4.47. The maximum absolute atomic E-state index is 13.7. The quantitative estimate of drug-likeness (QED) is 0.794. The molecule has 0 bridgehead atoms. The zero-order chi connectivity index (χ0) is 16.9. The van der Waals surface area contributed by atoms with Gasteiger partial charge in [0.05, 0.1) is 0 Å². The zero-order valence-corrected chi connectivity index (χ0v) is 13.4. The highest BCUT2D eigenvalue weighted by Gasteiger charge is 2.18. The Hall–Kier alpha value is -2.24. The van der Waals surface area contributed by atoms with E-state index in [9.17, 15) is 13.6 Å². The maximum Gasteiger partial charge on any atom is 0.220 e. The molecule has 2 N–H and O–H groups in total. The molecule has 4 nitrogen and oxygen atoms in total. The van der Waals surface area contributed by atoms with Gasteiger partial charge in [0, 0.05) is 42.8 Å². The van der Waals surface area contributed by atoms with Crippen LogP contribution in [-0.2, 0) is 4.79 Å². The Morgan fingerprint density at radius 1 is 1.21 bits per heavy atom. The number of rotatable bonds is 6. The molecule has 0 radical (unpaired) electrons. The summed E-state index contributed by atoms with van der Waals surface area (Å²) in [6, 6.07) is 3.75. The van der Waals surface area contributed by atoms with E-state index >= 15 is 0 Å². The van der Waals surface area contributed by atoms with Gasteiger partial charge in [0.25, 0.3) is 0 Å². The van der Waals surface area contributed by atoms with Crippen molar-refractivity contribution < 1.29 is 13.6 Å². The number of nitrogens with one attached hydrogen (secondary N) is 2. The number of fused-ring (bicyclic) bond motifs is 1. The molecular formula is C18H21F2N3O. The number of benzene rings is 1. The van der Waals surface area contributed by atoms with Gasteiger partial charge < -0.3 is 10.6 Å². The number of aromatic nitrogens is 1. The number of amides is 1. The van der Waals surface area contributed by atoms with Gasteiger partial charge in [-0.05, 0) is 30.9 Å². The second-order valence-electron chi connectivity index (χ2n) is 6.27. The van der Waals surface area contributed by atoms with Crippen LogP contribution in [0.3, 0.4) is 0 Å². The first-order valence-corrected chi connectivity index (χ1v) is 8.38. The highest BCUT2D eigenvalue weighted by Crippen LogP contribution is 2.27. The van der Waals surface area contributed by atoms with Crippen LogP contribution in [-0.4, -0.2) is 24.0 Å². The van der Waals surface area contributed by atoms with Crippen molar-refractivity contribution in [3.8, 4) is 0 Å². The summed E-state index contributed by atoms with van der Waals surface area (Å²) in [6.45, 7) is 0.945. The van der Waals surface area contributed by atoms with E-state index in [1.165, 1.54) is 25.1 Å². The van der Waals surface area contributed by atoms with Gasteiger partial charge in [-0.2, -0.15) is 0 Å². The van der Waals surface area contributed by atoms with E-state index in [1.54, 1.807) is 6.07 Å². The summed E-state index contributed by atoms with van der Waals surface area (Å²) < 4.78 is 27.1. The van der Waals surface area contributed by atoms with E-state index in [2.05, 4.69) is 15.6 Å². The lowest BCUT2D eigenvalue weighted by Gasteiger charge is -2.12. The fourth-order valence-electron chi connectivity index (χ4n) is 3.28. The number of halogens is 2. The predicted molar refractivity (Wildman–Crippen MR) is 89.7 cm³/mol. The van der Waals surface area contributed by atoms with Gasteiger partial charge in [-0.3, -0.25) is 9.78 Å². The van der Waals surface area contributed by atoms with Gasteiger partial charge in [0.1, 0.15) is 11.3 Å². The molecule has 0 saturated heterocycles. The van der Waals surface area contributed by atoms with Gasteiger partial charge in [-0.15, -0.1) is 0 Å². The average molecular weight is 333 g/mol. The SMILES string of the molecule is O=C(CC1CCCC1)NCCNc1ccnc2c(F)cc(F)cc12. The number of carbonyl (C=O) groups is 1. The number of nitrogens with zero attached hydrogens (tertiary/aromatic N) is 1. The fourth-order valence-corrected chi connectivity index (χ4v) is 3.28. The molecule has 1 amide bonds. The molecule has 24 heavy (non-hydrogen) atoms. The first kappa shape index (κ1) is 16.6. The van der Waals surface area contributed by atoms with E-state index < -0.39 is 11.6 Å². The summed E-state index contributed by atoms with van der Waals surface area (Å²) in [6.07, 6.45) is 6.81. The van der Waals surface area contributed by atoms with Gasteiger partial charge in [-0.1, -0.05) is 12.8 Å². The van der Waals surface area contributed by atoms with Crippen molar-refractivity contribution in [3.63, 3.8) is 0 Å². The highest BCUT2D eigenvalue weighted by molar-refractivity contribution is 5.91. The number of carbonyl (C=O) groups excluding carboxylic acids is 1. The van der Waals surface area contributed by atoms with Crippen molar-refractivity contribution in [1.82, 2.24) is 10.3 Å². The second-order valence-corrected chi connectivity index (χ2v) is 6.27. The van der Waals surface area contributed by atoms with Crippen molar-refractivity contribution in [1.29, 1.82) is 0 Å². The van der Waals surface area contributed by atoms with Crippen molar-refractivity contribution >= 4 is 22.5 Å². The van der Waals surface area contributed by atoms with Gasteiger partial charge in [-0.25, -0.2) is 8.78 Å². The largest absolute Gasteiger partial charge is 0.383 e. The zero-order valence-electron chi connectivity index (χ0n) is 13.4.